The highest BCUT2D eigenvalue weighted by Gasteiger charge is 2.15. The summed E-state index contributed by atoms with van der Waals surface area (Å²) in [5.41, 5.74) is 2.01. The Morgan fingerprint density at radius 2 is 2.03 bits per heavy atom. The third-order valence-corrected chi connectivity index (χ3v) is 4.82. The molecule has 4 rings (SSSR count). The number of allylic oxidation sites excluding steroid dienone is 1. The van der Waals surface area contributed by atoms with Crippen LogP contribution in [-0.4, -0.2) is 54.6 Å². The zero-order valence-electron chi connectivity index (χ0n) is 16.3. The number of nitrogens with zero attached hydrogens (tertiary/aromatic N) is 3. The first-order valence-electron chi connectivity index (χ1n) is 9.47. The van der Waals surface area contributed by atoms with Crippen LogP contribution in [0.3, 0.4) is 0 Å². The molecule has 1 N–H and O–H groups in total. The lowest BCUT2D eigenvalue weighted by molar-refractivity contribution is 0.0322. The highest BCUT2D eigenvalue weighted by atomic mass is 35.5. The molecule has 8 heteroatoms. The topological polar surface area (TPSA) is 91.8 Å². The Bertz CT molecular complexity index is 1070. The minimum Gasteiger partial charge on any atom is -0.508 e. The summed E-state index contributed by atoms with van der Waals surface area (Å²) >= 11 is 0. The van der Waals surface area contributed by atoms with Gasteiger partial charge in [0.1, 0.15) is 29.9 Å². The van der Waals surface area contributed by atoms with Crippen LogP contribution in [-0.2, 0) is 4.74 Å². The molecule has 0 atom stereocenters. The number of benzene rings is 2. The number of halogens is 1. The Morgan fingerprint density at radius 3 is 2.83 bits per heavy atom. The van der Waals surface area contributed by atoms with Crippen molar-refractivity contribution in [1.82, 2.24) is 10.1 Å². The molecule has 156 valence electrons. The van der Waals surface area contributed by atoms with Crippen LogP contribution in [0.25, 0.3) is 22.6 Å². The quantitative estimate of drug-likeness (QED) is 0.599. The molecule has 1 aliphatic rings. The van der Waals surface area contributed by atoms with Gasteiger partial charge in [-0.2, -0.15) is 5.26 Å². The van der Waals surface area contributed by atoms with Crippen LogP contribution < -0.4 is 4.74 Å². The minimum absolute atomic E-state index is 0. The van der Waals surface area contributed by atoms with Gasteiger partial charge < -0.3 is 19.1 Å². The van der Waals surface area contributed by atoms with Crippen molar-refractivity contribution in [3.63, 3.8) is 0 Å². The summed E-state index contributed by atoms with van der Waals surface area (Å²) in [6, 6.07) is 14.4. The van der Waals surface area contributed by atoms with E-state index in [1.54, 1.807) is 12.1 Å². The van der Waals surface area contributed by atoms with Crippen molar-refractivity contribution in [1.29, 1.82) is 5.26 Å². The molecule has 0 saturated carbocycles. The molecule has 0 unspecified atom stereocenters. The molecule has 0 aliphatic carbocycles. The number of morpholine rings is 1. The first-order valence-corrected chi connectivity index (χ1v) is 9.47. The maximum atomic E-state index is 9.76. The average Bonchev–Trinajstić information content (AvgIpc) is 3.16. The number of hydrogen-bond donors (Lipinski definition) is 1. The maximum absolute atomic E-state index is 9.76. The van der Waals surface area contributed by atoms with Crippen LogP contribution in [0.2, 0.25) is 0 Å². The van der Waals surface area contributed by atoms with Crippen molar-refractivity contribution in [2.45, 2.75) is 0 Å². The van der Waals surface area contributed by atoms with Gasteiger partial charge in [-0.3, -0.25) is 4.90 Å². The van der Waals surface area contributed by atoms with Crippen LogP contribution in [0.15, 0.2) is 47.0 Å². The van der Waals surface area contributed by atoms with E-state index in [0.29, 0.717) is 34.6 Å². The summed E-state index contributed by atoms with van der Waals surface area (Å²) < 4.78 is 16.6. The van der Waals surface area contributed by atoms with E-state index < -0.39 is 0 Å². The van der Waals surface area contributed by atoms with Crippen LogP contribution >= 0.6 is 12.4 Å². The monoisotopic (exact) mass is 427 g/mol. The molecule has 0 amide bonds. The molecule has 7 nitrogen and oxygen atoms in total. The van der Waals surface area contributed by atoms with E-state index in [1.165, 1.54) is 12.1 Å². The number of phenolic OH excluding ortho intramolecular Hbond substituents is 1. The predicted molar refractivity (Wildman–Crippen MR) is 116 cm³/mol. The number of fused-ring (bicyclic) bond motifs is 1. The zero-order chi connectivity index (χ0) is 20.1. The number of para-hydroxylation sites is 1. The van der Waals surface area contributed by atoms with Gasteiger partial charge in [0.25, 0.3) is 0 Å². The van der Waals surface area contributed by atoms with E-state index in [1.807, 2.05) is 24.3 Å². The molecule has 0 radical (unpaired) electrons. The lowest BCUT2D eigenvalue weighted by Gasteiger charge is -2.26. The van der Waals surface area contributed by atoms with Crippen LogP contribution in [0, 0.1) is 11.3 Å². The number of rotatable bonds is 6. The number of ether oxygens (including phenoxy) is 2. The standard InChI is InChI=1S/C22H21N3O4.ClH/c23-15-17(22-19-14-18(26)5-6-21(19)29-24-22)13-16-3-1-2-4-20(16)28-12-9-25-7-10-27-11-8-25;/h1-6,13-14,26H,7-12H2;1H/b17-13+;. The van der Waals surface area contributed by atoms with Crippen molar-refractivity contribution in [3.05, 3.63) is 53.7 Å². The fourth-order valence-corrected chi connectivity index (χ4v) is 3.27. The summed E-state index contributed by atoms with van der Waals surface area (Å²) in [5, 5.41) is 24.1. The molecule has 1 saturated heterocycles. The molecule has 0 spiro atoms. The largest absolute Gasteiger partial charge is 0.508 e. The Balaban J connectivity index is 0.00000256. The number of phenols is 1. The van der Waals surface area contributed by atoms with Gasteiger partial charge in [-0.25, -0.2) is 0 Å². The van der Waals surface area contributed by atoms with E-state index in [9.17, 15) is 10.4 Å². The Morgan fingerprint density at radius 1 is 1.23 bits per heavy atom. The molecular formula is C22H22ClN3O4. The second-order valence-corrected chi connectivity index (χ2v) is 6.72. The summed E-state index contributed by atoms with van der Waals surface area (Å²) in [4.78, 5) is 2.30. The molecule has 1 fully saturated rings. The smallest absolute Gasteiger partial charge is 0.167 e. The minimum atomic E-state index is 0. The average molecular weight is 428 g/mol. The Kier molecular flexibility index (Phi) is 7.31. The van der Waals surface area contributed by atoms with Gasteiger partial charge in [0.15, 0.2) is 5.58 Å². The number of nitriles is 1. The van der Waals surface area contributed by atoms with Gasteiger partial charge in [-0.1, -0.05) is 23.4 Å². The van der Waals surface area contributed by atoms with E-state index in [4.69, 9.17) is 14.0 Å². The molecule has 2 aromatic carbocycles. The van der Waals surface area contributed by atoms with Crippen molar-refractivity contribution >= 4 is 35.0 Å². The molecule has 3 aromatic rings. The SMILES string of the molecule is Cl.N#C/C(=C\c1ccccc1OCCN1CCOCC1)c1noc2ccc(O)cc12. The Hall–Kier alpha value is -3.05. The molecule has 1 aliphatic heterocycles. The third kappa shape index (κ3) is 4.92. The van der Waals surface area contributed by atoms with Gasteiger partial charge in [0, 0.05) is 25.2 Å². The lowest BCUT2D eigenvalue weighted by Crippen LogP contribution is -2.38. The highest BCUT2D eigenvalue weighted by molar-refractivity contribution is 5.99. The number of aromatic nitrogens is 1. The first kappa shape index (κ1) is 21.7. The second kappa shape index (κ2) is 10.1. The Labute approximate surface area is 180 Å². The van der Waals surface area contributed by atoms with Gasteiger partial charge in [-0.15, -0.1) is 12.4 Å². The third-order valence-electron chi connectivity index (χ3n) is 4.82. The number of aromatic hydroxyl groups is 1. The van der Waals surface area contributed by atoms with Gasteiger partial charge >= 0.3 is 0 Å². The summed E-state index contributed by atoms with van der Waals surface area (Å²) in [6.07, 6.45) is 1.73. The maximum Gasteiger partial charge on any atom is 0.167 e. The zero-order valence-corrected chi connectivity index (χ0v) is 17.1. The van der Waals surface area contributed by atoms with Crippen LogP contribution in [0.1, 0.15) is 11.3 Å². The predicted octanol–water partition coefficient (Wildman–Crippen LogP) is 3.73. The number of hydrogen-bond acceptors (Lipinski definition) is 7. The normalized spacial score (nSPS) is 14.8. The van der Waals surface area contributed by atoms with E-state index >= 15 is 0 Å². The highest BCUT2D eigenvalue weighted by Crippen LogP contribution is 2.30. The fourth-order valence-electron chi connectivity index (χ4n) is 3.27. The first-order chi connectivity index (χ1) is 14.2. The molecule has 1 aromatic heterocycles. The van der Waals surface area contributed by atoms with Gasteiger partial charge in [0.05, 0.1) is 24.2 Å². The van der Waals surface area contributed by atoms with Crippen molar-refractivity contribution < 1.29 is 19.1 Å². The summed E-state index contributed by atoms with van der Waals surface area (Å²) in [6.45, 7) is 4.70. The van der Waals surface area contributed by atoms with Crippen molar-refractivity contribution in [2.75, 3.05) is 39.5 Å². The second-order valence-electron chi connectivity index (χ2n) is 6.72. The summed E-state index contributed by atoms with van der Waals surface area (Å²) in [7, 11) is 0. The van der Waals surface area contributed by atoms with Crippen molar-refractivity contribution in [2.24, 2.45) is 0 Å². The molecule has 30 heavy (non-hydrogen) atoms. The molecular weight excluding hydrogens is 406 g/mol. The van der Waals surface area contributed by atoms with Gasteiger partial charge in [-0.05, 0) is 30.3 Å². The molecule has 2 heterocycles. The molecule has 0 bridgehead atoms. The van der Waals surface area contributed by atoms with E-state index in [-0.39, 0.29) is 18.2 Å². The van der Waals surface area contributed by atoms with Crippen molar-refractivity contribution in [3.8, 4) is 17.6 Å². The van der Waals surface area contributed by atoms with Crippen LogP contribution in [0.5, 0.6) is 11.5 Å². The van der Waals surface area contributed by atoms with E-state index in [2.05, 4.69) is 16.1 Å². The van der Waals surface area contributed by atoms with Gasteiger partial charge in [0.2, 0.25) is 0 Å². The lowest BCUT2D eigenvalue weighted by atomic mass is 10.1. The van der Waals surface area contributed by atoms with Crippen LogP contribution in [0.4, 0.5) is 0 Å². The van der Waals surface area contributed by atoms with E-state index in [0.717, 1.165) is 38.4 Å². The fraction of sp³-hybridized carbons (Fsp3) is 0.273. The summed E-state index contributed by atoms with van der Waals surface area (Å²) in [5.74, 6) is 0.787.